The van der Waals surface area contributed by atoms with Crippen LogP contribution < -0.4 is 0 Å². The molecule has 4 nitrogen and oxygen atoms in total. The van der Waals surface area contributed by atoms with E-state index in [9.17, 15) is 9.90 Å². The van der Waals surface area contributed by atoms with E-state index in [-0.39, 0.29) is 5.97 Å². The lowest BCUT2D eigenvalue weighted by atomic mass is 10.1. The molecule has 2 rings (SSSR count). The molecule has 1 atom stereocenters. The fourth-order valence-electron chi connectivity index (χ4n) is 1.43. The van der Waals surface area contributed by atoms with Gasteiger partial charge in [-0.3, -0.25) is 0 Å². The van der Waals surface area contributed by atoms with E-state index in [0.717, 1.165) is 0 Å². The summed E-state index contributed by atoms with van der Waals surface area (Å²) in [4.78, 5) is 15.3. The van der Waals surface area contributed by atoms with Crippen molar-refractivity contribution in [2.75, 3.05) is 7.11 Å². The zero-order valence-corrected chi connectivity index (χ0v) is 9.98. The van der Waals surface area contributed by atoms with Gasteiger partial charge in [0.2, 0.25) is 0 Å². The molecule has 0 aliphatic heterocycles. The Morgan fingerprint density at radius 2 is 2.12 bits per heavy atom. The molecule has 0 spiro atoms. The molecule has 0 saturated carbocycles. The molecule has 0 fully saturated rings. The number of ether oxygens (including phenoxy) is 1. The number of hydrogen-bond acceptors (Lipinski definition) is 5. The predicted octanol–water partition coefficient (Wildman–Crippen LogP) is 2.01. The Bertz CT molecular complexity index is 493. The summed E-state index contributed by atoms with van der Waals surface area (Å²) in [7, 11) is 1.33. The van der Waals surface area contributed by atoms with Crippen molar-refractivity contribution < 1.29 is 14.6 Å². The van der Waals surface area contributed by atoms with Crippen molar-refractivity contribution in [1.29, 1.82) is 0 Å². The lowest BCUT2D eigenvalue weighted by Gasteiger charge is -2.08. The highest BCUT2D eigenvalue weighted by molar-refractivity contribution is 7.09. The SMILES string of the molecule is COC(=O)c1ccc(C(O)c2nccs2)cc1. The fourth-order valence-corrected chi connectivity index (χ4v) is 2.08. The molecule has 0 radical (unpaired) electrons. The second-order valence-corrected chi connectivity index (χ2v) is 4.31. The Kier molecular flexibility index (Phi) is 3.51. The highest BCUT2D eigenvalue weighted by Crippen LogP contribution is 2.23. The second kappa shape index (κ2) is 5.07. The smallest absolute Gasteiger partial charge is 0.337 e. The number of thiazole rings is 1. The average Bonchev–Trinajstić information content (AvgIpc) is 2.91. The van der Waals surface area contributed by atoms with Gasteiger partial charge in [-0.2, -0.15) is 0 Å². The third-order valence-electron chi connectivity index (χ3n) is 2.33. The molecule has 0 amide bonds. The van der Waals surface area contributed by atoms with Gasteiger partial charge in [0, 0.05) is 11.6 Å². The van der Waals surface area contributed by atoms with Crippen LogP contribution in [-0.2, 0) is 4.74 Å². The first-order valence-electron chi connectivity index (χ1n) is 4.98. The van der Waals surface area contributed by atoms with Crippen LogP contribution in [-0.4, -0.2) is 23.2 Å². The predicted molar refractivity (Wildman–Crippen MR) is 64.0 cm³/mol. The van der Waals surface area contributed by atoms with Crippen molar-refractivity contribution in [2.24, 2.45) is 0 Å². The fraction of sp³-hybridized carbons (Fsp3) is 0.167. The summed E-state index contributed by atoms with van der Waals surface area (Å²) in [5, 5.41) is 12.4. The summed E-state index contributed by atoms with van der Waals surface area (Å²) in [5.74, 6) is -0.389. The van der Waals surface area contributed by atoms with E-state index in [1.54, 1.807) is 35.8 Å². The highest BCUT2D eigenvalue weighted by atomic mass is 32.1. The summed E-state index contributed by atoms with van der Waals surface area (Å²) in [5.41, 5.74) is 1.16. The summed E-state index contributed by atoms with van der Waals surface area (Å²) in [6.45, 7) is 0. The summed E-state index contributed by atoms with van der Waals surface area (Å²) < 4.78 is 4.60. The molecule has 17 heavy (non-hydrogen) atoms. The number of rotatable bonds is 3. The number of methoxy groups -OCH3 is 1. The maximum atomic E-state index is 11.2. The molecule has 0 aliphatic carbocycles. The molecule has 1 unspecified atom stereocenters. The first kappa shape index (κ1) is 11.8. The monoisotopic (exact) mass is 249 g/mol. The van der Waals surface area contributed by atoms with E-state index in [1.165, 1.54) is 18.4 Å². The maximum Gasteiger partial charge on any atom is 0.337 e. The molecule has 1 N–H and O–H groups in total. The summed E-state index contributed by atoms with van der Waals surface area (Å²) in [6.07, 6.45) is 0.896. The second-order valence-electron chi connectivity index (χ2n) is 3.39. The molecular weight excluding hydrogens is 238 g/mol. The Hall–Kier alpha value is -1.72. The number of nitrogens with zero attached hydrogens (tertiary/aromatic N) is 1. The Labute approximate surface area is 103 Å². The van der Waals surface area contributed by atoms with Crippen molar-refractivity contribution in [2.45, 2.75) is 6.10 Å². The minimum Gasteiger partial charge on any atom is -0.465 e. The quantitative estimate of drug-likeness (QED) is 0.845. The van der Waals surface area contributed by atoms with Gasteiger partial charge >= 0.3 is 5.97 Å². The molecule has 0 aliphatic rings. The number of hydrogen-bond donors (Lipinski definition) is 1. The number of carbonyl (C=O) groups is 1. The topological polar surface area (TPSA) is 59.4 Å². The van der Waals surface area contributed by atoms with Crippen LogP contribution in [0, 0.1) is 0 Å². The third-order valence-corrected chi connectivity index (χ3v) is 3.16. The zero-order valence-electron chi connectivity index (χ0n) is 9.16. The molecule has 88 valence electrons. The molecule has 1 heterocycles. The largest absolute Gasteiger partial charge is 0.465 e. The minimum atomic E-state index is -0.748. The highest BCUT2D eigenvalue weighted by Gasteiger charge is 2.13. The lowest BCUT2D eigenvalue weighted by Crippen LogP contribution is -2.03. The maximum absolute atomic E-state index is 11.2. The van der Waals surface area contributed by atoms with E-state index in [1.807, 2.05) is 0 Å². The van der Waals surface area contributed by atoms with E-state index < -0.39 is 6.10 Å². The van der Waals surface area contributed by atoms with Crippen LogP contribution in [0.1, 0.15) is 27.0 Å². The summed E-state index contributed by atoms with van der Waals surface area (Å²) >= 11 is 1.39. The third kappa shape index (κ3) is 2.51. The Morgan fingerprint density at radius 3 is 2.65 bits per heavy atom. The van der Waals surface area contributed by atoms with Gasteiger partial charge in [0.15, 0.2) is 0 Å². The number of benzene rings is 1. The van der Waals surface area contributed by atoms with Crippen LogP contribution in [0.3, 0.4) is 0 Å². The van der Waals surface area contributed by atoms with Crippen molar-refractivity contribution in [1.82, 2.24) is 4.98 Å². The van der Waals surface area contributed by atoms with Gasteiger partial charge in [-0.25, -0.2) is 9.78 Å². The number of carbonyl (C=O) groups excluding carboxylic acids is 1. The van der Waals surface area contributed by atoms with Crippen LogP contribution in [0.4, 0.5) is 0 Å². The minimum absolute atomic E-state index is 0.389. The van der Waals surface area contributed by atoms with E-state index in [0.29, 0.717) is 16.1 Å². The van der Waals surface area contributed by atoms with Crippen molar-refractivity contribution >= 4 is 17.3 Å². The number of aromatic nitrogens is 1. The molecule has 2 aromatic rings. The van der Waals surface area contributed by atoms with E-state index in [4.69, 9.17) is 0 Å². The van der Waals surface area contributed by atoms with Crippen molar-refractivity contribution in [3.05, 3.63) is 52.0 Å². The van der Waals surface area contributed by atoms with Gasteiger partial charge in [-0.15, -0.1) is 11.3 Å². The number of aliphatic hydroxyl groups is 1. The van der Waals surface area contributed by atoms with E-state index in [2.05, 4.69) is 9.72 Å². The lowest BCUT2D eigenvalue weighted by molar-refractivity contribution is 0.0600. The van der Waals surface area contributed by atoms with Crippen LogP contribution in [0.2, 0.25) is 0 Å². The van der Waals surface area contributed by atoms with Gasteiger partial charge < -0.3 is 9.84 Å². The average molecular weight is 249 g/mol. The van der Waals surface area contributed by atoms with Gasteiger partial charge in [0.1, 0.15) is 11.1 Å². The molecule has 5 heteroatoms. The number of esters is 1. The van der Waals surface area contributed by atoms with Crippen LogP contribution >= 0.6 is 11.3 Å². The molecule has 0 saturated heterocycles. The van der Waals surface area contributed by atoms with Gasteiger partial charge in [-0.05, 0) is 17.7 Å². The van der Waals surface area contributed by atoms with Gasteiger partial charge in [-0.1, -0.05) is 12.1 Å². The van der Waals surface area contributed by atoms with Gasteiger partial charge in [0.05, 0.1) is 12.7 Å². The van der Waals surface area contributed by atoms with Crippen LogP contribution in [0.15, 0.2) is 35.8 Å². The van der Waals surface area contributed by atoms with Gasteiger partial charge in [0.25, 0.3) is 0 Å². The van der Waals surface area contributed by atoms with E-state index >= 15 is 0 Å². The first-order chi connectivity index (χ1) is 8.22. The van der Waals surface area contributed by atoms with Crippen LogP contribution in [0.25, 0.3) is 0 Å². The molecule has 1 aromatic heterocycles. The Balaban J connectivity index is 2.21. The molecule has 0 bridgehead atoms. The molecular formula is C12H11NO3S. The van der Waals surface area contributed by atoms with Crippen LogP contribution in [0.5, 0.6) is 0 Å². The summed E-state index contributed by atoms with van der Waals surface area (Å²) in [6, 6.07) is 6.63. The standard InChI is InChI=1S/C12H11NO3S/c1-16-12(15)9-4-2-8(3-5-9)10(14)11-13-6-7-17-11/h2-7,10,14H,1H3. The van der Waals surface area contributed by atoms with Crippen molar-refractivity contribution in [3.63, 3.8) is 0 Å². The zero-order chi connectivity index (χ0) is 12.3. The number of aliphatic hydroxyl groups excluding tert-OH is 1. The molecule has 1 aromatic carbocycles. The Morgan fingerprint density at radius 1 is 1.41 bits per heavy atom. The first-order valence-corrected chi connectivity index (χ1v) is 5.86. The normalized spacial score (nSPS) is 12.1. The van der Waals surface area contributed by atoms with Crippen molar-refractivity contribution in [3.8, 4) is 0 Å².